The monoisotopic (exact) mass is 185 g/mol. The van der Waals surface area contributed by atoms with E-state index in [1.54, 1.807) is 0 Å². The van der Waals surface area contributed by atoms with Crippen molar-refractivity contribution in [3.63, 3.8) is 0 Å². The van der Waals surface area contributed by atoms with Gasteiger partial charge in [-0.15, -0.1) is 12.4 Å². The van der Waals surface area contributed by atoms with Crippen molar-refractivity contribution >= 4 is 24.1 Å². The van der Waals surface area contributed by atoms with Crippen LogP contribution in [-0.2, 0) is 0 Å². The molecule has 0 saturated heterocycles. The van der Waals surface area contributed by atoms with Gasteiger partial charge < -0.3 is 11.5 Å². The van der Waals surface area contributed by atoms with E-state index in [-0.39, 0.29) is 18.4 Å². The zero-order valence-electron chi connectivity index (χ0n) is 6.82. The number of halogens is 1. The summed E-state index contributed by atoms with van der Waals surface area (Å²) in [6.45, 7) is 1.96. The molecule has 0 amide bonds. The predicted octanol–water partition coefficient (Wildman–Crippen LogP) is 1.32. The number of nitrogens with two attached hydrogens (primary N) is 2. The number of hydrogen-bond donors (Lipinski definition) is 2. The molecule has 4 N–H and O–H groups in total. The highest BCUT2D eigenvalue weighted by Gasteiger charge is 1.92. The Bertz CT molecular complexity index is 279. The van der Waals surface area contributed by atoms with Gasteiger partial charge in [0.05, 0.1) is 5.69 Å². The molecule has 0 aromatic heterocycles. The normalized spacial score (nSPS) is 8.42. The Hall–Kier alpha value is -1.22. The number of aryl methyl sites for hydroxylation is 1. The topological polar surface area (TPSA) is 64.4 Å². The van der Waals surface area contributed by atoms with Crippen molar-refractivity contribution in [3.05, 3.63) is 29.8 Å². The maximum Gasteiger partial charge on any atom is 0.191 e. The summed E-state index contributed by atoms with van der Waals surface area (Å²) in [5.74, 6) is 0.0966. The van der Waals surface area contributed by atoms with Crippen molar-refractivity contribution < 1.29 is 0 Å². The van der Waals surface area contributed by atoms with Crippen LogP contribution >= 0.6 is 12.4 Å². The van der Waals surface area contributed by atoms with Crippen molar-refractivity contribution in [3.8, 4) is 0 Å². The van der Waals surface area contributed by atoms with Crippen LogP contribution in [0.2, 0.25) is 0 Å². The summed E-state index contributed by atoms with van der Waals surface area (Å²) in [6.07, 6.45) is 0. The average Bonchev–Trinajstić information content (AvgIpc) is 1.93. The standard InChI is InChI=1S/C8H11N3.ClH/c1-6-4-2-3-5-7(6)11-8(9)10;/h2-5H,1H3,(H4,9,10,11);1H. The van der Waals surface area contributed by atoms with Crippen LogP contribution in [0.4, 0.5) is 5.69 Å². The van der Waals surface area contributed by atoms with Gasteiger partial charge in [-0.25, -0.2) is 4.99 Å². The summed E-state index contributed by atoms with van der Waals surface area (Å²) in [4.78, 5) is 3.93. The second kappa shape index (κ2) is 4.62. The zero-order chi connectivity index (χ0) is 8.27. The van der Waals surface area contributed by atoms with E-state index in [1.807, 2.05) is 31.2 Å². The summed E-state index contributed by atoms with van der Waals surface area (Å²) < 4.78 is 0. The molecule has 0 spiro atoms. The maximum atomic E-state index is 5.22. The quantitative estimate of drug-likeness (QED) is 0.512. The largest absolute Gasteiger partial charge is 0.370 e. The summed E-state index contributed by atoms with van der Waals surface area (Å²) in [5, 5.41) is 0. The maximum absolute atomic E-state index is 5.22. The molecule has 0 unspecified atom stereocenters. The first-order valence-corrected chi connectivity index (χ1v) is 3.35. The second-order valence-electron chi connectivity index (χ2n) is 2.32. The first-order valence-electron chi connectivity index (χ1n) is 3.35. The van der Waals surface area contributed by atoms with Gasteiger partial charge in [0.25, 0.3) is 0 Å². The van der Waals surface area contributed by atoms with Gasteiger partial charge in [0, 0.05) is 0 Å². The Morgan fingerprint density at radius 3 is 2.33 bits per heavy atom. The number of aliphatic imine (C=N–C) groups is 1. The fourth-order valence-electron chi connectivity index (χ4n) is 0.828. The molecule has 1 aromatic rings. The van der Waals surface area contributed by atoms with E-state index in [0.717, 1.165) is 11.3 Å². The van der Waals surface area contributed by atoms with Crippen molar-refractivity contribution in [2.24, 2.45) is 16.5 Å². The Labute approximate surface area is 77.9 Å². The van der Waals surface area contributed by atoms with E-state index in [9.17, 15) is 0 Å². The Morgan fingerprint density at radius 1 is 1.25 bits per heavy atom. The van der Waals surface area contributed by atoms with Gasteiger partial charge in [-0.2, -0.15) is 0 Å². The third-order valence-electron chi connectivity index (χ3n) is 1.37. The molecule has 0 radical (unpaired) electrons. The molecule has 1 aromatic carbocycles. The van der Waals surface area contributed by atoms with Gasteiger partial charge in [-0.1, -0.05) is 18.2 Å². The van der Waals surface area contributed by atoms with E-state index < -0.39 is 0 Å². The lowest BCUT2D eigenvalue weighted by molar-refractivity contribution is 1.36. The van der Waals surface area contributed by atoms with Crippen LogP contribution in [0, 0.1) is 6.92 Å². The molecule has 12 heavy (non-hydrogen) atoms. The van der Waals surface area contributed by atoms with Gasteiger partial charge in [-0.3, -0.25) is 0 Å². The first kappa shape index (κ1) is 10.8. The Kier molecular flexibility index (Phi) is 4.15. The highest BCUT2D eigenvalue weighted by molar-refractivity contribution is 5.85. The van der Waals surface area contributed by atoms with Crippen LogP contribution in [0.3, 0.4) is 0 Å². The zero-order valence-corrected chi connectivity index (χ0v) is 7.64. The van der Waals surface area contributed by atoms with E-state index in [0.29, 0.717) is 0 Å². The van der Waals surface area contributed by atoms with Crippen LogP contribution in [0.25, 0.3) is 0 Å². The lowest BCUT2D eigenvalue weighted by atomic mass is 10.2. The van der Waals surface area contributed by atoms with E-state index >= 15 is 0 Å². The van der Waals surface area contributed by atoms with Crippen LogP contribution in [-0.4, -0.2) is 5.96 Å². The van der Waals surface area contributed by atoms with Crippen LogP contribution in [0.15, 0.2) is 29.3 Å². The predicted molar refractivity (Wildman–Crippen MR) is 53.9 cm³/mol. The molecule has 0 saturated carbocycles. The van der Waals surface area contributed by atoms with Gasteiger partial charge >= 0.3 is 0 Å². The highest BCUT2D eigenvalue weighted by Crippen LogP contribution is 2.15. The number of rotatable bonds is 1. The molecule has 0 heterocycles. The minimum atomic E-state index is 0. The van der Waals surface area contributed by atoms with Gasteiger partial charge in [0.1, 0.15) is 0 Å². The van der Waals surface area contributed by atoms with Crippen molar-refractivity contribution in [2.75, 3.05) is 0 Å². The number of benzene rings is 1. The molecule has 4 heteroatoms. The Balaban J connectivity index is 0.00000121. The molecule has 3 nitrogen and oxygen atoms in total. The molecule has 0 bridgehead atoms. The van der Waals surface area contributed by atoms with Crippen LogP contribution in [0.1, 0.15) is 5.56 Å². The van der Waals surface area contributed by atoms with Crippen molar-refractivity contribution in [1.82, 2.24) is 0 Å². The third-order valence-corrected chi connectivity index (χ3v) is 1.37. The van der Waals surface area contributed by atoms with Crippen LogP contribution in [0.5, 0.6) is 0 Å². The molecular weight excluding hydrogens is 174 g/mol. The average molecular weight is 186 g/mol. The van der Waals surface area contributed by atoms with Crippen molar-refractivity contribution in [2.45, 2.75) is 6.92 Å². The van der Waals surface area contributed by atoms with Gasteiger partial charge in [0.2, 0.25) is 0 Å². The summed E-state index contributed by atoms with van der Waals surface area (Å²) in [7, 11) is 0. The van der Waals surface area contributed by atoms with Gasteiger partial charge in [0.15, 0.2) is 5.96 Å². The molecule has 0 aliphatic heterocycles. The fourth-order valence-corrected chi connectivity index (χ4v) is 0.828. The number of para-hydroxylation sites is 1. The first-order chi connectivity index (χ1) is 5.20. The second-order valence-corrected chi connectivity index (χ2v) is 2.32. The molecule has 0 aliphatic rings. The lowest BCUT2D eigenvalue weighted by Gasteiger charge is -1.97. The number of hydrogen-bond acceptors (Lipinski definition) is 1. The molecular formula is C8H12ClN3. The summed E-state index contributed by atoms with van der Waals surface area (Å²) in [6, 6.07) is 7.67. The van der Waals surface area contributed by atoms with E-state index in [1.165, 1.54) is 0 Å². The lowest BCUT2D eigenvalue weighted by Crippen LogP contribution is -2.21. The number of nitrogens with zero attached hydrogens (tertiary/aromatic N) is 1. The molecule has 66 valence electrons. The molecule has 0 atom stereocenters. The van der Waals surface area contributed by atoms with Crippen molar-refractivity contribution in [1.29, 1.82) is 0 Å². The third kappa shape index (κ3) is 2.80. The van der Waals surface area contributed by atoms with E-state index in [2.05, 4.69) is 4.99 Å². The highest BCUT2D eigenvalue weighted by atomic mass is 35.5. The SMILES string of the molecule is Cc1ccccc1N=C(N)N.Cl. The van der Waals surface area contributed by atoms with E-state index in [4.69, 9.17) is 11.5 Å². The van der Waals surface area contributed by atoms with Crippen LogP contribution < -0.4 is 11.5 Å². The minimum Gasteiger partial charge on any atom is -0.370 e. The molecule has 0 fully saturated rings. The van der Waals surface area contributed by atoms with Gasteiger partial charge in [-0.05, 0) is 18.6 Å². The molecule has 0 aliphatic carbocycles. The molecule has 1 rings (SSSR count). The summed E-state index contributed by atoms with van der Waals surface area (Å²) in [5.41, 5.74) is 12.3. The minimum absolute atomic E-state index is 0. The Morgan fingerprint density at radius 2 is 1.83 bits per heavy atom. The smallest absolute Gasteiger partial charge is 0.191 e. The number of guanidine groups is 1. The fraction of sp³-hybridized carbons (Fsp3) is 0.125. The summed E-state index contributed by atoms with van der Waals surface area (Å²) >= 11 is 0.